The van der Waals surface area contributed by atoms with E-state index in [9.17, 15) is 0 Å². The van der Waals surface area contributed by atoms with Crippen molar-refractivity contribution in [1.29, 1.82) is 0 Å². The Morgan fingerprint density at radius 2 is 1.10 bits per heavy atom. The molecule has 0 aromatic heterocycles. The molecule has 0 aliphatic heterocycles. The van der Waals surface area contributed by atoms with Gasteiger partial charge >= 0.3 is 0 Å². The average molecular weight is 579 g/mol. The summed E-state index contributed by atoms with van der Waals surface area (Å²) in [5, 5.41) is 0. The number of methoxy groups -OCH3 is 4. The lowest BCUT2D eigenvalue weighted by Gasteiger charge is -2.24. The molecule has 0 spiro atoms. The van der Waals surface area contributed by atoms with Crippen LogP contribution in [0, 0.1) is 11.8 Å². The number of hydrogen-bond acceptors (Lipinski definition) is 8. The first-order valence-electron chi connectivity index (χ1n) is 15.5. The van der Waals surface area contributed by atoms with Gasteiger partial charge in [0.25, 0.3) is 0 Å². The minimum absolute atomic E-state index is 0.0191. The van der Waals surface area contributed by atoms with Crippen molar-refractivity contribution in [3.8, 4) is 0 Å². The predicted octanol–water partition coefficient (Wildman–Crippen LogP) is 7.71. The fraction of sp³-hybridized carbons (Fsp3) is 1.00. The van der Waals surface area contributed by atoms with Gasteiger partial charge in [0, 0.05) is 28.4 Å². The summed E-state index contributed by atoms with van der Waals surface area (Å²) < 4.78 is 41.8. The fourth-order valence-corrected chi connectivity index (χ4v) is 5.17. The Bertz CT molecular complexity index is 576. The van der Waals surface area contributed by atoms with E-state index < -0.39 is 0 Å². The Morgan fingerprint density at radius 1 is 0.575 bits per heavy atom. The first-order valence-corrected chi connectivity index (χ1v) is 15.5. The van der Waals surface area contributed by atoms with Crippen molar-refractivity contribution in [2.45, 2.75) is 169 Å². The zero-order valence-corrected chi connectivity index (χ0v) is 28.3. The molecule has 242 valence electrons. The monoisotopic (exact) mass is 578 g/mol. The van der Waals surface area contributed by atoms with Crippen molar-refractivity contribution in [2.75, 3.05) is 28.4 Å². The van der Waals surface area contributed by atoms with Crippen LogP contribution in [0.5, 0.6) is 0 Å². The molecule has 7 atom stereocenters. The summed E-state index contributed by atoms with van der Waals surface area (Å²) in [5.41, 5.74) is -0.102. The summed E-state index contributed by atoms with van der Waals surface area (Å²) in [6.07, 6.45) is 12.9. The van der Waals surface area contributed by atoms with E-state index in [0.29, 0.717) is 12.2 Å². The number of hydrogen-bond donors (Lipinski definition) is 0. The van der Waals surface area contributed by atoms with E-state index in [1.54, 1.807) is 28.4 Å². The summed E-state index contributed by atoms with van der Waals surface area (Å²) in [7, 11) is 6.66. The minimum Gasteiger partial charge on any atom is -0.356 e. The first-order chi connectivity index (χ1) is 18.7. The van der Waals surface area contributed by atoms with Gasteiger partial charge in [-0.25, -0.2) is 0 Å². The summed E-state index contributed by atoms with van der Waals surface area (Å²) in [5.74, 6) is 1.80. The van der Waals surface area contributed by atoms with Crippen LogP contribution in [0.25, 0.3) is 0 Å². The lowest BCUT2D eigenvalue weighted by Crippen LogP contribution is -2.26. The van der Waals surface area contributed by atoms with Crippen molar-refractivity contribution in [3.05, 3.63) is 0 Å². The van der Waals surface area contributed by atoms with E-state index in [4.69, 9.17) is 37.9 Å². The lowest BCUT2D eigenvalue weighted by molar-refractivity contribution is -0.171. The van der Waals surface area contributed by atoms with Crippen LogP contribution in [0.2, 0.25) is 0 Å². The van der Waals surface area contributed by atoms with Crippen molar-refractivity contribution >= 4 is 0 Å². The molecule has 0 N–H and O–H groups in total. The summed E-state index contributed by atoms with van der Waals surface area (Å²) in [4.78, 5) is 0. The predicted molar refractivity (Wildman–Crippen MR) is 161 cm³/mol. The van der Waals surface area contributed by atoms with Crippen LogP contribution >= 0.6 is 0 Å². The molecule has 0 aromatic carbocycles. The Labute approximate surface area is 247 Å². The quantitative estimate of drug-likeness (QED) is 0.231. The molecule has 0 amide bonds. The van der Waals surface area contributed by atoms with Crippen molar-refractivity contribution in [3.63, 3.8) is 0 Å². The molecular formula is C32H66O8. The van der Waals surface area contributed by atoms with Gasteiger partial charge in [0.15, 0.2) is 25.2 Å². The SMILES string of the molecule is COC(C)OC(C)(C)C.COC(C)OC(C)C.COC(C)OC1CC2CCC1C2.COC(C)OC1CCCCC1. The maximum Gasteiger partial charge on any atom is 0.155 e. The van der Waals surface area contributed by atoms with Gasteiger partial charge in [-0.1, -0.05) is 19.3 Å². The molecule has 0 radical (unpaired) electrons. The van der Waals surface area contributed by atoms with Crippen LogP contribution in [0.1, 0.15) is 120 Å². The van der Waals surface area contributed by atoms with Gasteiger partial charge in [0.05, 0.1) is 23.9 Å². The summed E-state index contributed by atoms with van der Waals surface area (Å²) >= 11 is 0. The topological polar surface area (TPSA) is 73.8 Å². The third-order valence-corrected chi connectivity index (χ3v) is 7.29. The van der Waals surface area contributed by atoms with Crippen LogP contribution in [-0.4, -0.2) is 77.5 Å². The second-order valence-electron chi connectivity index (χ2n) is 12.4. The largest absolute Gasteiger partial charge is 0.356 e. The van der Waals surface area contributed by atoms with Crippen LogP contribution in [-0.2, 0) is 37.9 Å². The van der Waals surface area contributed by atoms with Gasteiger partial charge in [-0.3, -0.25) is 0 Å². The molecule has 0 saturated heterocycles. The zero-order chi connectivity index (χ0) is 30.7. The van der Waals surface area contributed by atoms with Gasteiger partial charge in [-0.05, 0) is 113 Å². The van der Waals surface area contributed by atoms with Crippen molar-refractivity contribution in [1.82, 2.24) is 0 Å². The van der Waals surface area contributed by atoms with E-state index in [0.717, 1.165) is 11.8 Å². The standard InChI is InChI=1S/C10H18O2.C9H18O2.C7H16O2.C6H14O2/c1-7(11-2)12-10-6-8-3-4-9(10)5-8;1-8(10-2)11-9-6-4-3-5-7-9;1-6(8-5)9-7(2,3)4;1-5(2)8-6(3)7-4/h7-10H,3-6H2,1-2H3;8-9H,3-7H2,1-2H3;6H,1-5H3;5-6H,1-4H3. The summed E-state index contributed by atoms with van der Waals surface area (Å²) in [6, 6.07) is 0. The Balaban J connectivity index is 0.000000515. The molecular weight excluding hydrogens is 512 g/mol. The van der Waals surface area contributed by atoms with Crippen LogP contribution < -0.4 is 0 Å². The van der Waals surface area contributed by atoms with E-state index in [1.807, 2.05) is 62.3 Å². The molecule has 3 rings (SSSR count). The van der Waals surface area contributed by atoms with Gasteiger partial charge in [-0.2, -0.15) is 0 Å². The molecule has 2 bridgehead atoms. The van der Waals surface area contributed by atoms with Gasteiger partial charge in [-0.15, -0.1) is 0 Å². The molecule has 3 aliphatic rings. The first kappa shape index (κ1) is 39.7. The van der Waals surface area contributed by atoms with Crippen LogP contribution in [0.15, 0.2) is 0 Å². The number of ether oxygens (including phenoxy) is 8. The number of rotatable bonds is 11. The number of fused-ring (bicyclic) bond motifs is 2. The highest BCUT2D eigenvalue weighted by Gasteiger charge is 2.40. The molecule has 8 nitrogen and oxygen atoms in total. The highest BCUT2D eigenvalue weighted by molar-refractivity contribution is 4.90. The Kier molecular flexibility index (Phi) is 22.1. The third kappa shape index (κ3) is 20.5. The minimum atomic E-state index is -0.106. The molecule has 3 fully saturated rings. The van der Waals surface area contributed by atoms with Crippen LogP contribution in [0.4, 0.5) is 0 Å². The van der Waals surface area contributed by atoms with Crippen LogP contribution in [0.3, 0.4) is 0 Å². The van der Waals surface area contributed by atoms with Gasteiger partial charge in [0.1, 0.15) is 0 Å². The van der Waals surface area contributed by atoms with E-state index in [-0.39, 0.29) is 36.9 Å². The normalized spacial score (nSPS) is 25.5. The molecule has 3 aliphatic carbocycles. The van der Waals surface area contributed by atoms with Gasteiger partial charge in [0.2, 0.25) is 0 Å². The smallest absolute Gasteiger partial charge is 0.155 e. The second-order valence-corrected chi connectivity index (χ2v) is 12.4. The molecule has 7 unspecified atom stereocenters. The molecule has 0 heterocycles. The third-order valence-electron chi connectivity index (χ3n) is 7.29. The molecule has 0 aromatic rings. The highest BCUT2D eigenvalue weighted by Crippen LogP contribution is 2.46. The highest BCUT2D eigenvalue weighted by atomic mass is 16.7. The van der Waals surface area contributed by atoms with Gasteiger partial charge < -0.3 is 37.9 Å². The molecule has 40 heavy (non-hydrogen) atoms. The summed E-state index contributed by atoms with van der Waals surface area (Å²) in [6.45, 7) is 17.7. The Morgan fingerprint density at radius 3 is 1.45 bits per heavy atom. The maximum atomic E-state index is 5.77. The van der Waals surface area contributed by atoms with E-state index in [2.05, 4.69) is 0 Å². The van der Waals surface area contributed by atoms with Crippen molar-refractivity contribution < 1.29 is 37.9 Å². The zero-order valence-electron chi connectivity index (χ0n) is 28.3. The Hall–Kier alpha value is -0.320. The second kappa shape index (κ2) is 22.3. The molecule has 8 heteroatoms. The average Bonchev–Trinajstić information content (AvgIpc) is 3.52. The van der Waals surface area contributed by atoms with E-state index >= 15 is 0 Å². The maximum absolute atomic E-state index is 5.77. The molecule has 3 saturated carbocycles. The van der Waals surface area contributed by atoms with Crippen molar-refractivity contribution in [2.24, 2.45) is 11.8 Å². The lowest BCUT2D eigenvalue weighted by atomic mass is 9.98. The fourth-order valence-electron chi connectivity index (χ4n) is 5.17. The van der Waals surface area contributed by atoms with E-state index in [1.165, 1.54) is 57.8 Å².